The molecule has 0 radical (unpaired) electrons. The highest BCUT2D eigenvalue weighted by Crippen LogP contribution is 2.24. The van der Waals surface area contributed by atoms with E-state index in [1.165, 1.54) is 30.3 Å². The summed E-state index contributed by atoms with van der Waals surface area (Å²) in [4.78, 5) is 50.7. The summed E-state index contributed by atoms with van der Waals surface area (Å²) in [7, 11) is 1.55. The van der Waals surface area contributed by atoms with Crippen molar-refractivity contribution in [2.75, 3.05) is 23.9 Å². The molecule has 182 valence electrons. The third-order valence-corrected chi connectivity index (χ3v) is 5.12. The highest BCUT2D eigenvalue weighted by Gasteiger charge is 2.36. The predicted molar refractivity (Wildman–Crippen MR) is 131 cm³/mol. The van der Waals surface area contributed by atoms with Gasteiger partial charge >= 0.3 is 6.03 Å². The average molecular weight is 487 g/mol. The van der Waals surface area contributed by atoms with Gasteiger partial charge in [-0.25, -0.2) is 9.69 Å². The number of phenols is 1. The van der Waals surface area contributed by atoms with Crippen molar-refractivity contribution < 1.29 is 33.8 Å². The Labute approximate surface area is 205 Å². The molecule has 0 aromatic heterocycles. The molecule has 0 atom stereocenters. The van der Waals surface area contributed by atoms with Crippen molar-refractivity contribution in [3.63, 3.8) is 0 Å². The molecular weight excluding hydrogens is 466 g/mol. The smallest absolute Gasteiger partial charge is 0.335 e. The summed E-state index contributed by atoms with van der Waals surface area (Å²) < 4.78 is 10.6. The van der Waals surface area contributed by atoms with Gasteiger partial charge < -0.3 is 19.9 Å². The second-order valence-electron chi connectivity index (χ2n) is 7.61. The zero-order valence-corrected chi connectivity index (χ0v) is 19.1. The number of nitrogens with zero attached hydrogens (tertiary/aromatic N) is 1. The standard InChI is InChI=1S/C26H21N3O7/c1-35-20-11-5-17(6-12-20)27-23(31)15-36-21-4-2-3-16(13-21)14-22-24(32)28-26(34)29(25(22)33)18-7-9-19(30)10-8-18/h2-14,30H,15H2,1H3,(H,27,31)(H,28,32,34)/b22-14-. The number of hydrogen-bond donors (Lipinski definition) is 3. The molecule has 4 rings (SSSR count). The van der Waals surface area contributed by atoms with Gasteiger partial charge in [0, 0.05) is 5.69 Å². The Morgan fingerprint density at radius 2 is 1.72 bits per heavy atom. The fraction of sp³-hybridized carbons (Fsp3) is 0.0769. The Bertz CT molecular complexity index is 1350. The predicted octanol–water partition coefficient (Wildman–Crippen LogP) is 3.08. The largest absolute Gasteiger partial charge is 0.508 e. The summed E-state index contributed by atoms with van der Waals surface area (Å²) in [6.45, 7) is -0.269. The van der Waals surface area contributed by atoms with Crippen LogP contribution in [0.2, 0.25) is 0 Å². The van der Waals surface area contributed by atoms with E-state index in [0.717, 1.165) is 4.90 Å². The lowest BCUT2D eigenvalue weighted by Crippen LogP contribution is -2.54. The highest BCUT2D eigenvalue weighted by molar-refractivity contribution is 6.39. The van der Waals surface area contributed by atoms with Crippen LogP contribution in [0, 0.1) is 0 Å². The summed E-state index contributed by atoms with van der Waals surface area (Å²) in [6.07, 6.45) is 1.32. The summed E-state index contributed by atoms with van der Waals surface area (Å²) in [6, 6.07) is 17.8. The number of amides is 5. The van der Waals surface area contributed by atoms with E-state index in [-0.39, 0.29) is 29.5 Å². The minimum atomic E-state index is -0.896. The molecule has 1 heterocycles. The van der Waals surface area contributed by atoms with Crippen molar-refractivity contribution in [3.8, 4) is 17.2 Å². The molecule has 0 saturated carbocycles. The molecule has 1 aliphatic rings. The van der Waals surface area contributed by atoms with Gasteiger partial charge in [-0.1, -0.05) is 12.1 Å². The summed E-state index contributed by atoms with van der Waals surface area (Å²) in [5.41, 5.74) is 0.949. The average Bonchev–Trinajstić information content (AvgIpc) is 2.87. The third kappa shape index (κ3) is 5.50. The Morgan fingerprint density at radius 3 is 2.42 bits per heavy atom. The monoisotopic (exact) mass is 487 g/mol. The number of hydrogen-bond acceptors (Lipinski definition) is 7. The molecule has 0 unspecified atom stereocenters. The molecule has 1 aliphatic heterocycles. The van der Waals surface area contributed by atoms with Crippen LogP contribution in [0.5, 0.6) is 17.2 Å². The minimum Gasteiger partial charge on any atom is -0.508 e. The fourth-order valence-electron chi connectivity index (χ4n) is 3.37. The van der Waals surface area contributed by atoms with Gasteiger partial charge in [0.2, 0.25) is 0 Å². The third-order valence-electron chi connectivity index (χ3n) is 5.12. The number of rotatable bonds is 7. The van der Waals surface area contributed by atoms with E-state index in [0.29, 0.717) is 22.7 Å². The molecule has 5 amide bonds. The summed E-state index contributed by atoms with van der Waals surface area (Å²) in [5.74, 6) is -1.08. The number of phenolic OH excluding ortho intramolecular Hbond substituents is 1. The summed E-state index contributed by atoms with van der Waals surface area (Å²) >= 11 is 0. The molecule has 1 fully saturated rings. The van der Waals surface area contributed by atoms with Crippen molar-refractivity contribution in [2.24, 2.45) is 0 Å². The number of methoxy groups -OCH3 is 1. The molecule has 1 saturated heterocycles. The van der Waals surface area contributed by atoms with E-state index >= 15 is 0 Å². The van der Waals surface area contributed by atoms with Crippen LogP contribution in [0.1, 0.15) is 5.56 Å². The number of benzene rings is 3. The van der Waals surface area contributed by atoms with Crippen molar-refractivity contribution in [3.05, 3.63) is 83.9 Å². The zero-order chi connectivity index (χ0) is 25.7. The number of carbonyl (C=O) groups is 4. The molecule has 0 bridgehead atoms. The Hall–Kier alpha value is -5.12. The van der Waals surface area contributed by atoms with Crippen molar-refractivity contribution in [1.29, 1.82) is 0 Å². The molecule has 3 aromatic carbocycles. The first-order valence-electron chi connectivity index (χ1n) is 10.7. The number of ether oxygens (including phenoxy) is 2. The molecule has 10 heteroatoms. The quantitative estimate of drug-likeness (QED) is 0.344. The van der Waals surface area contributed by atoms with E-state index in [1.54, 1.807) is 55.6 Å². The molecule has 3 aromatic rings. The minimum absolute atomic E-state index is 0.0371. The van der Waals surface area contributed by atoms with Crippen LogP contribution in [-0.2, 0) is 14.4 Å². The number of carbonyl (C=O) groups excluding carboxylic acids is 4. The Balaban J connectivity index is 1.46. The molecule has 0 aliphatic carbocycles. The Morgan fingerprint density at radius 1 is 1.00 bits per heavy atom. The maximum Gasteiger partial charge on any atom is 0.335 e. The van der Waals surface area contributed by atoms with Crippen LogP contribution in [0.3, 0.4) is 0 Å². The first kappa shape index (κ1) is 24.0. The second kappa shape index (κ2) is 10.4. The second-order valence-corrected chi connectivity index (χ2v) is 7.61. The SMILES string of the molecule is COc1ccc(NC(=O)COc2cccc(/C=C3/C(=O)NC(=O)N(c4ccc(O)cc4)C3=O)c2)cc1. The van der Waals surface area contributed by atoms with Gasteiger partial charge in [-0.05, 0) is 72.3 Å². The maximum absolute atomic E-state index is 13.0. The van der Waals surface area contributed by atoms with E-state index in [1.807, 2.05) is 0 Å². The van der Waals surface area contributed by atoms with Crippen LogP contribution in [-0.4, -0.2) is 42.6 Å². The molecule has 3 N–H and O–H groups in total. The van der Waals surface area contributed by atoms with Crippen LogP contribution >= 0.6 is 0 Å². The normalized spacial score (nSPS) is 14.4. The lowest BCUT2D eigenvalue weighted by atomic mass is 10.1. The van der Waals surface area contributed by atoms with Gasteiger partial charge in [-0.3, -0.25) is 19.7 Å². The van der Waals surface area contributed by atoms with Crippen LogP contribution in [0.15, 0.2) is 78.4 Å². The zero-order valence-electron chi connectivity index (χ0n) is 19.1. The van der Waals surface area contributed by atoms with Gasteiger partial charge in [0.1, 0.15) is 22.8 Å². The maximum atomic E-state index is 13.0. The number of urea groups is 1. The number of imide groups is 2. The van der Waals surface area contributed by atoms with E-state index in [9.17, 15) is 24.3 Å². The molecule has 0 spiro atoms. The molecular formula is C26H21N3O7. The number of nitrogens with one attached hydrogen (secondary N) is 2. The lowest BCUT2D eigenvalue weighted by Gasteiger charge is -2.26. The van der Waals surface area contributed by atoms with Crippen LogP contribution in [0.4, 0.5) is 16.2 Å². The van der Waals surface area contributed by atoms with Gasteiger partial charge in [0.15, 0.2) is 6.61 Å². The van der Waals surface area contributed by atoms with Crippen molar-refractivity contribution in [2.45, 2.75) is 0 Å². The molecule has 36 heavy (non-hydrogen) atoms. The first-order chi connectivity index (χ1) is 17.3. The number of aromatic hydroxyl groups is 1. The van der Waals surface area contributed by atoms with Gasteiger partial charge in [0.05, 0.1) is 12.8 Å². The van der Waals surface area contributed by atoms with E-state index in [4.69, 9.17) is 9.47 Å². The molecule has 10 nitrogen and oxygen atoms in total. The number of barbiturate groups is 1. The fourth-order valence-corrected chi connectivity index (χ4v) is 3.37. The van der Waals surface area contributed by atoms with Gasteiger partial charge in [0.25, 0.3) is 17.7 Å². The van der Waals surface area contributed by atoms with Gasteiger partial charge in [-0.15, -0.1) is 0 Å². The summed E-state index contributed by atoms with van der Waals surface area (Å²) in [5, 5.41) is 14.3. The lowest BCUT2D eigenvalue weighted by molar-refractivity contribution is -0.122. The highest BCUT2D eigenvalue weighted by atomic mass is 16.5. The van der Waals surface area contributed by atoms with E-state index in [2.05, 4.69) is 10.6 Å². The topological polar surface area (TPSA) is 134 Å². The van der Waals surface area contributed by atoms with E-state index < -0.39 is 17.8 Å². The van der Waals surface area contributed by atoms with Crippen molar-refractivity contribution in [1.82, 2.24) is 5.32 Å². The van der Waals surface area contributed by atoms with Crippen LogP contribution < -0.4 is 25.0 Å². The van der Waals surface area contributed by atoms with Gasteiger partial charge in [-0.2, -0.15) is 0 Å². The van der Waals surface area contributed by atoms with Crippen LogP contribution in [0.25, 0.3) is 6.08 Å². The first-order valence-corrected chi connectivity index (χ1v) is 10.7. The van der Waals surface area contributed by atoms with Crippen molar-refractivity contribution >= 4 is 41.2 Å². The Kier molecular flexibility index (Phi) is 6.96. The number of anilines is 2.